The first-order chi connectivity index (χ1) is 9.10. The maximum atomic E-state index is 12.0. The van der Waals surface area contributed by atoms with Crippen molar-refractivity contribution >= 4 is 11.9 Å². The Morgan fingerprint density at radius 3 is 2.74 bits per heavy atom. The number of aliphatic carboxylic acids is 1. The number of ether oxygens (including phenoxy) is 1. The SMILES string of the molecule is C=CCC(NC(=O)c1ccccc1OCC)C(=O)O. The Kier molecular flexibility index (Phi) is 5.60. The quantitative estimate of drug-likeness (QED) is 0.736. The fourth-order valence-corrected chi connectivity index (χ4v) is 1.56. The molecule has 0 aliphatic carbocycles. The van der Waals surface area contributed by atoms with Crippen LogP contribution in [0.15, 0.2) is 36.9 Å². The van der Waals surface area contributed by atoms with Gasteiger partial charge in [-0.05, 0) is 25.5 Å². The fraction of sp³-hybridized carbons (Fsp3) is 0.286. The minimum absolute atomic E-state index is 0.165. The van der Waals surface area contributed by atoms with Crippen molar-refractivity contribution in [3.8, 4) is 5.75 Å². The van der Waals surface area contributed by atoms with Gasteiger partial charge in [-0.2, -0.15) is 0 Å². The van der Waals surface area contributed by atoms with Crippen molar-refractivity contribution in [1.29, 1.82) is 0 Å². The average molecular weight is 263 g/mol. The largest absolute Gasteiger partial charge is 0.493 e. The molecule has 102 valence electrons. The molecule has 0 radical (unpaired) electrons. The number of nitrogens with one attached hydrogen (secondary N) is 1. The predicted octanol–water partition coefficient (Wildman–Crippen LogP) is 1.84. The van der Waals surface area contributed by atoms with Gasteiger partial charge in [0.25, 0.3) is 5.91 Å². The van der Waals surface area contributed by atoms with E-state index in [-0.39, 0.29) is 6.42 Å². The summed E-state index contributed by atoms with van der Waals surface area (Å²) in [7, 11) is 0. The average Bonchev–Trinajstić information content (AvgIpc) is 2.39. The van der Waals surface area contributed by atoms with Crippen molar-refractivity contribution in [2.75, 3.05) is 6.61 Å². The maximum Gasteiger partial charge on any atom is 0.326 e. The maximum absolute atomic E-state index is 12.0. The lowest BCUT2D eigenvalue weighted by Gasteiger charge is -2.14. The molecule has 0 heterocycles. The van der Waals surface area contributed by atoms with Gasteiger partial charge in [-0.1, -0.05) is 18.2 Å². The number of carbonyl (C=O) groups is 2. The van der Waals surface area contributed by atoms with E-state index in [1.165, 1.54) is 6.08 Å². The molecule has 1 aromatic rings. The first kappa shape index (κ1) is 14.8. The van der Waals surface area contributed by atoms with Gasteiger partial charge in [-0.25, -0.2) is 4.79 Å². The second-order valence-electron chi connectivity index (χ2n) is 3.82. The Balaban J connectivity index is 2.87. The van der Waals surface area contributed by atoms with Crippen LogP contribution in [0.4, 0.5) is 0 Å². The van der Waals surface area contributed by atoms with Crippen LogP contribution < -0.4 is 10.1 Å². The number of rotatable bonds is 7. The van der Waals surface area contributed by atoms with Crippen LogP contribution in [0.1, 0.15) is 23.7 Å². The highest BCUT2D eigenvalue weighted by molar-refractivity contribution is 5.98. The van der Waals surface area contributed by atoms with Crippen LogP contribution in [0, 0.1) is 0 Å². The van der Waals surface area contributed by atoms with E-state index < -0.39 is 17.9 Å². The molecule has 1 atom stereocenters. The molecular formula is C14H17NO4. The topological polar surface area (TPSA) is 75.6 Å². The number of carboxylic acid groups (broad SMARTS) is 1. The number of para-hydroxylation sites is 1. The van der Waals surface area contributed by atoms with Gasteiger partial charge < -0.3 is 15.2 Å². The van der Waals surface area contributed by atoms with E-state index in [1.54, 1.807) is 24.3 Å². The zero-order valence-electron chi connectivity index (χ0n) is 10.8. The molecule has 0 spiro atoms. The highest BCUT2D eigenvalue weighted by Gasteiger charge is 2.20. The molecule has 0 saturated heterocycles. The second-order valence-corrected chi connectivity index (χ2v) is 3.82. The van der Waals surface area contributed by atoms with Crippen molar-refractivity contribution in [3.63, 3.8) is 0 Å². The van der Waals surface area contributed by atoms with Crippen molar-refractivity contribution in [1.82, 2.24) is 5.32 Å². The molecule has 1 aromatic carbocycles. The second kappa shape index (κ2) is 7.20. The Morgan fingerprint density at radius 1 is 1.47 bits per heavy atom. The van der Waals surface area contributed by atoms with E-state index in [0.29, 0.717) is 17.9 Å². The first-order valence-corrected chi connectivity index (χ1v) is 5.96. The van der Waals surface area contributed by atoms with E-state index in [2.05, 4.69) is 11.9 Å². The van der Waals surface area contributed by atoms with Gasteiger partial charge in [0, 0.05) is 0 Å². The summed E-state index contributed by atoms with van der Waals surface area (Å²) >= 11 is 0. The summed E-state index contributed by atoms with van der Waals surface area (Å²) in [6.07, 6.45) is 1.62. The van der Waals surface area contributed by atoms with Crippen LogP contribution in [-0.4, -0.2) is 29.6 Å². The molecule has 5 nitrogen and oxygen atoms in total. The smallest absolute Gasteiger partial charge is 0.326 e. The van der Waals surface area contributed by atoms with E-state index >= 15 is 0 Å². The van der Waals surface area contributed by atoms with Gasteiger partial charge in [0.15, 0.2) is 0 Å². The molecule has 1 rings (SSSR count). The lowest BCUT2D eigenvalue weighted by molar-refractivity contribution is -0.139. The molecule has 0 bridgehead atoms. The molecular weight excluding hydrogens is 246 g/mol. The number of hydrogen-bond acceptors (Lipinski definition) is 3. The Hall–Kier alpha value is -2.30. The molecule has 2 N–H and O–H groups in total. The van der Waals surface area contributed by atoms with Crippen molar-refractivity contribution in [3.05, 3.63) is 42.5 Å². The van der Waals surface area contributed by atoms with E-state index in [0.717, 1.165) is 0 Å². The number of benzene rings is 1. The highest BCUT2D eigenvalue weighted by Crippen LogP contribution is 2.18. The number of hydrogen-bond donors (Lipinski definition) is 2. The van der Waals surface area contributed by atoms with Crippen LogP contribution in [0.5, 0.6) is 5.75 Å². The van der Waals surface area contributed by atoms with Crippen molar-refractivity contribution in [2.24, 2.45) is 0 Å². The lowest BCUT2D eigenvalue weighted by Crippen LogP contribution is -2.40. The van der Waals surface area contributed by atoms with E-state index in [1.807, 2.05) is 6.92 Å². The van der Waals surface area contributed by atoms with Gasteiger partial charge in [0.05, 0.1) is 12.2 Å². The molecule has 5 heteroatoms. The molecule has 0 aromatic heterocycles. The van der Waals surface area contributed by atoms with Crippen molar-refractivity contribution < 1.29 is 19.4 Å². The zero-order chi connectivity index (χ0) is 14.3. The lowest BCUT2D eigenvalue weighted by atomic mass is 10.1. The monoisotopic (exact) mass is 263 g/mol. The summed E-state index contributed by atoms with van der Waals surface area (Å²) in [5, 5.41) is 11.4. The molecule has 0 saturated carbocycles. The molecule has 0 aliphatic rings. The van der Waals surface area contributed by atoms with Crippen LogP contribution >= 0.6 is 0 Å². The number of carbonyl (C=O) groups excluding carboxylic acids is 1. The van der Waals surface area contributed by atoms with Gasteiger partial charge >= 0.3 is 5.97 Å². The first-order valence-electron chi connectivity index (χ1n) is 5.96. The fourth-order valence-electron chi connectivity index (χ4n) is 1.56. The minimum Gasteiger partial charge on any atom is -0.493 e. The summed E-state index contributed by atoms with van der Waals surface area (Å²) in [5.74, 6) is -1.13. The molecule has 1 amide bonds. The van der Waals surface area contributed by atoms with Crippen LogP contribution in [0.25, 0.3) is 0 Å². The third kappa shape index (κ3) is 4.13. The van der Waals surface area contributed by atoms with Gasteiger partial charge in [0.1, 0.15) is 11.8 Å². The third-order valence-electron chi connectivity index (χ3n) is 2.44. The summed E-state index contributed by atoms with van der Waals surface area (Å²) in [5.41, 5.74) is 0.319. The summed E-state index contributed by atoms with van der Waals surface area (Å²) < 4.78 is 5.33. The van der Waals surface area contributed by atoms with Crippen LogP contribution in [-0.2, 0) is 4.79 Å². The summed E-state index contributed by atoms with van der Waals surface area (Å²) in [6, 6.07) is 5.72. The van der Waals surface area contributed by atoms with Crippen LogP contribution in [0.3, 0.4) is 0 Å². The molecule has 1 unspecified atom stereocenters. The highest BCUT2D eigenvalue weighted by atomic mass is 16.5. The molecule has 0 fully saturated rings. The Labute approximate surface area is 111 Å². The van der Waals surface area contributed by atoms with Crippen LogP contribution in [0.2, 0.25) is 0 Å². The van der Waals surface area contributed by atoms with E-state index in [4.69, 9.17) is 9.84 Å². The summed E-state index contributed by atoms with van der Waals surface area (Å²) in [4.78, 5) is 23.0. The standard InChI is InChI=1S/C14H17NO4/c1-3-7-11(14(17)18)15-13(16)10-8-5-6-9-12(10)19-4-2/h3,5-6,8-9,11H,1,4,7H2,2H3,(H,15,16)(H,17,18). The van der Waals surface area contributed by atoms with Gasteiger partial charge in [-0.3, -0.25) is 4.79 Å². The zero-order valence-corrected chi connectivity index (χ0v) is 10.8. The van der Waals surface area contributed by atoms with E-state index in [9.17, 15) is 9.59 Å². The predicted molar refractivity (Wildman–Crippen MR) is 71.3 cm³/mol. The molecule has 0 aliphatic heterocycles. The van der Waals surface area contributed by atoms with Crippen molar-refractivity contribution in [2.45, 2.75) is 19.4 Å². The normalized spacial score (nSPS) is 11.4. The minimum atomic E-state index is -1.10. The third-order valence-corrected chi connectivity index (χ3v) is 2.44. The number of amides is 1. The number of carboxylic acids is 1. The molecule has 19 heavy (non-hydrogen) atoms. The van der Waals surface area contributed by atoms with Gasteiger partial charge in [0.2, 0.25) is 0 Å². The van der Waals surface area contributed by atoms with Gasteiger partial charge in [-0.15, -0.1) is 6.58 Å². The Bertz CT molecular complexity index is 470. The summed E-state index contributed by atoms with van der Waals surface area (Å²) in [6.45, 7) is 5.71. The Morgan fingerprint density at radius 2 is 2.16 bits per heavy atom.